The van der Waals surface area contributed by atoms with Crippen LogP contribution in [0.1, 0.15) is 20.3 Å². The molecule has 2 aliphatic rings. The molecule has 2 heterocycles. The van der Waals surface area contributed by atoms with Gasteiger partial charge < -0.3 is 10.2 Å². The number of hydrogen-bond donors (Lipinski definition) is 1. The largest absolute Gasteiger partial charge is 0.315 e. The lowest BCUT2D eigenvalue weighted by Gasteiger charge is -2.49. The van der Waals surface area contributed by atoms with Crippen LogP contribution in [-0.2, 0) is 0 Å². The molecule has 3 heteroatoms. The highest BCUT2D eigenvalue weighted by molar-refractivity contribution is 5.01. The predicted octanol–water partition coefficient (Wildman–Crippen LogP) is 1.28. The number of rotatable bonds is 0. The van der Waals surface area contributed by atoms with E-state index in [9.17, 15) is 4.39 Å². The second-order valence-electron chi connectivity index (χ2n) is 3.95. The van der Waals surface area contributed by atoms with E-state index in [0.29, 0.717) is 6.54 Å². The summed E-state index contributed by atoms with van der Waals surface area (Å²) in [5.41, 5.74) is 0.0203. The molecular formula is C10H21FN2. The highest BCUT2D eigenvalue weighted by atomic mass is 19.1. The van der Waals surface area contributed by atoms with Gasteiger partial charge in [0.05, 0.1) is 0 Å². The van der Waals surface area contributed by atoms with Crippen molar-refractivity contribution in [1.29, 1.82) is 0 Å². The highest BCUT2D eigenvalue weighted by Gasteiger charge is 2.47. The van der Waals surface area contributed by atoms with Crippen molar-refractivity contribution in [1.82, 2.24) is 10.2 Å². The van der Waals surface area contributed by atoms with E-state index in [-0.39, 0.29) is 5.41 Å². The summed E-state index contributed by atoms with van der Waals surface area (Å²) >= 11 is 0. The molecule has 0 aromatic carbocycles. The third-order valence-corrected chi connectivity index (χ3v) is 3.08. The lowest BCUT2D eigenvalue weighted by molar-refractivity contribution is -0.0213. The van der Waals surface area contributed by atoms with E-state index in [4.69, 9.17) is 0 Å². The van der Waals surface area contributed by atoms with E-state index in [1.807, 2.05) is 20.9 Å². The molecule has 1 unspecified atom stereocenters. The summed E-state index contributed by atoms with van der Waals surface area (Å²) in [6.07, 6.45) is 0.417. The van der Waals surface area contributed by atoms with Crippen molar-refractivity contribution < 1.29 is 4.39 Å². The highest BCUT2D eigenvalue weighted by Crippen LogP contribution is 2.36. The minimum Gasteiger partial charge on any atom is -0.315 e. The van der Waals surface area contributed by atoms with Crippen LogP contribution in [0.4, 0.5) is 4.39 Å². The van der Waals surface area contributed by atoms with Crippen LogP contribution < -0.4 is 5.32 Å². The lowest BCUT2D eigenvalue weighted by atomic mass is 9.72. The van der Waals surface area contributed by atoms with E-state index in [2.05, 4.69) is 10.2 Å². The monoisotopic (exact) mass is 188 g/mol. The van der Waals surface area contributed by atoms with Crippen LogP contribution >= 0.6 is 0 Å². The molecule has 0 aromatic rings. The molecule has 1 spiro atoms. The van der Waals surface area contributed by atoms with Crippen molar-refractivity contribution >= 4 is 0 Å². The van der Waals surface area contributed by atoms with Crippen LogP contribution in [0.5, 0.6) is 0 Å². The Morgan fingerprint density at radius 1 is 1.38 bits per heavy atom. The first-order valence-electron chi connectivity index (χ1n) is 5.26. The summed E-state index contributed by atoms with van der Waals surface area (Å²) in [5.74, 6) is 0. The maximum atomic E-state index is 13.5. The molecule has 1 atom stereocenters. The molecule has 13 heavy (non-hydrogen) atoms. The first-order valence-corrected chi connectivity index (χ1v) is 5.26. The van der Waals surface area contributed by atoms with Crippen molar-refractivity contribution in [2.24, 2.45) is 5.41 Å². The maximum Gasteiger partial charge on any atom is 0.121 e. The third-order valence-electron chi connectivity index (χ3n) is 3.08. The van der Waals surface area contributed by atoms with E-state index < -0.39 is 6.17 Å². The molecular weight excluding hydrogens is 167 g/mol. The summed E-state index contributed by atoms with van der Waals surface area (Å²) in [5, 5.41) is 3.16. The van der Waals surface area contributed by atoms with Crippen LogP contribution in [0.15, 0.2) is 0 Å². The second kappa shape index (κ2) is 4.38. The average molecular weight is 188 g/mol. The zero-order valence-corrected chi connectivity index (χ0v) is 8.94. The molecule has 2 aliphatic heterocycles. The molecule has 2 saturated heterocycles. The lowest BCUT2D eigenvalue weighted by Crippen LogP contribution is -2.63. The minimum atomic E-state index is -0.609. The molecule has 0 radical (unpaired) electrons. The maximum absolute atomic E-state index is 13.5. The van der Waals surface area contributed by atoms with Gasteiger partial charge in [-0.1, -0.05) is 13.8 Å². The van der Waals surface area contributed by atoms with Crippen molar-refractivity contribution in [2.45, 2.75) is 26.4 Å². The van der Waals surface area contributed by atoms with Gasteiger partial charge in [-0.15, -0.1) is 0 Å². The fourth-order valence-corrected chi connectivity index (χ4v) is 1.97. The van der Waals surface area contributed by atoms with Gasteiger partial charge in [0.15, 0.2) is 0 Å². The van der Waals surface area contributed by atoms with Crippen molar-refractivity contribution in [2.75, 3.05) is 33.2 Å². The Balaban J connectivity index is 0.000000396. The number of nitrogens with zero attached hydrogens (tertiary/aromatic N) is 1. The minimum absolute atomic E-state index is 0.0203. The van der Waals surface area contributed by atoms with Crippen LogP contribution in [0.2, 0.25) is 0 Å². The normalized spacial score (nSPS) is 31.8. The number of hydrogen-bond acceptors (Lipinski definition) is 2. The van der Waals surface area contributed by atoms with E-state index in [0.717, 1.165) is 26.1 Å². The standard InChI is InChI=1S/C8H15FN2.C2H6/c1-11-3-2-8(5-10-6-8)7(9)4-11;1-2/h7,10H,2-6H2,1H3;1-2H3. The van der Waals surface area contributed by atoms with Gasteiger partial charge in [0.25, 0.3) is 0 Å². The van der Waals surface area contributed by atoms with Crippen molar-refractivity contribution in [3.63, 3.8) is 0 Å². The Bertz CT molecular complexity index is 157. The van der Waals surface area contributed by atoms with Gasteiger partial charge >= 0.3 is 0 Å². The number of nitrogens with one attached hydrogen (secondary N) is 1. The Hall–Kier alpha value is -0.150. The van der Waals surface area contributed by atoms with E-state index >= 15 is 0 Å². The summed E-state index contributed by atoms with van der Waals surface area (Å²) in [6.45, 7) is 7.47. The third kappa shape index (κ3) is 2.02. The van der Waals surface area contributed by atoms with Gasteiger partial charge in [0, 0.05) is 25.0 Å². The van der Waals surface area contributed by atoms with E-state index in [1.165, 1.54) is 0 Å². The number of likely N-dealkylation sites (tertiary alicyclic amines) is 1. The fourth-order valence-electron chi connectivity index (χ4n) is 1.97. The topological polar surface area (TPSA) is 15.3 Å². The van der Waals surface area contributed by atoms with Crippen LogP contribution in [0, 0.1) is 5.41 Å². The SMILES string of the molecule is CC.CN1CCC2(CNC2)C(F)C1. The van der Waals surface area contributed by atoms with Crippen LogP contribution in [0.25, 0.3) is 0 Å². The number of piperidine rings is 1. The van der Waals surface area contributed by atoms with Gasteiger partial charge in [0.1, 0.15) is 6.17 Å². The fraction of sp³-hybridized carbons (Fsp3) is 1.00. The second-order valence-corrected chi connectivity index (χ2v) is 3.95. The van der Waals surface area contributed by atoms with E-state index in [1.54, 1.807) is 0 Å². The number of halogens is 1. The zero-order valence-electron chi connectivity index (χ0n) is 8.94. The molecule has 0 bridgehead atoms. The van der Waals surface area contributed by atoms with Crippen molar-refractivity contribution in [3.05, 3.63) is 0 Å². The Morgan fingerprint density at radius 2 is 2.00 bits per heavy atom. The molecule has 78 valence electrons. The first-order chi connectivity index (χ1) is 6.23. The molecule has 1 N–H and O–H groups in total. The smallest absolute Gasteiger partial charge is 0.121 e. The molecule has 0 saturated carbocycles. The summed E-state index contributed by atoms with van der Waals surface area (Å²) in [7, 11) is 1.99. The van der Waals surface area contributed by atoms with Crippen molar-refractivity contribution in [3.8, 4) is 0 Å². The Labute approximate surface area is 80.5 Å². The number of alkyl halides is 1. The Kier molecular flexibility index (Phi) is 3.68. The summed E-state index contributed by atoms with van der Waals surface area (Å²) in [6, 6.07) is 0. The molecule has 2 rings (SSSR count). The average Bonchev–Trinajstić information content (AvgIpc) is 2.05. The van der Waals surface area contributed by atoms with Gasteiger partial charge in [-0.2, -0.15) is 0 Å². The van der Waals surface area contributed by atoms with Gasteiger partial charge in [-0.3, -0.25) is 0 Å². The Morgan fingerprint density at radius 3 is 2.38 bits per heavy atom. The van der Waals surface area contributed by atoms with Gasteiger partial charge in [-0.25, -0.2) is 4.39 Å². The van der Waals surface area contributed by atoms with Crippen LogP contribution in [-0.4, -0.2) is 44.3 Å². The summed E-state index contributed by atoms with van der Waals surface area (Å²) in [4.78, 5) is 2.08. The predicted molar refractivity (Wildman–Crippen MR) is 53.7 cm³/mol. The molecule has 2 nitrogen and oxygen atoms in total. The first kappa shape index (κ1) is 10.9. The van der Waals surface area contributed by atoms with Gasteiger partial charge in [0.2, 0.25) is 0 Å². The molecule has 2 fully saturated rings. The molecule has 0 amide bonds. The molecule has 0 aliphatic carbocycles. The molecule has 0 aromatic heterocycles. The quantitative estimate of drug-likeness (QED) is 0.616. The van der Waals surface area contributed by atoms with Gasteiger partial charge in [-0.05, 0) is 20.0 Å². The summed E-state index contributed by atoms with van der Waals surface area (Å²) < 4.78 is 13.5. The zero-order chi connectivity index (χ0) is 9.90. The van der Waals surface area contributed by atoms with Crippen LogP contribution in [0.3, 0.4) is 0 Å².